The van der Waals surface area contributed by atoms with Gasteiger partial charge in [0.15, 0.2) is 9.04 Å². The van der Waals surface area contributed by atoms with Gasteiger partial charge in [0.05, 0.1) is 0 Å². The summed E-state index contributed by atoms with van der Waals surface area (Å²) in [6.07, 6.45) is 0. The zero-order chi connectivity index (χ0) is 22.8. The number of hydrogen-bond donors (Lipinski definition) is 0. The molecule has 0 rings (SSSR count). The second kappa shape index (κ2) is 13.5. The predicted octanol–water partition coefficient (Wildman–Crippen LogP) is 1.91. The minimum absolute atomic E-state index is 0.598. The maximum absolute atomic E-state index is 6.49. The summed E-state index contributed by atoms with van der Waals surface area (Å²) in [6.45, 7) is 25.5. The van der Waals surface area contributed by atoms with E-state index in [9.17, 15) is 0 Å². The molecule has 0 aliphatic rings. The van der Waals surface area contributed by atoms with Crippen LogP contribution in [0, 0.1) is 0 Å². The Morgan fingerprint density at radius 1 is 0.759 bits per heavy atom. The average Bonchev–Trinajstić information content (AvgIpc) is 2.50. The van der Waals surface area contributed by atoms with E-state index >= 15 is 0 Å². The fourth-order valence-electron chi connectivity index (χ4n) is 2.83. The van der Waals surface area contributed by atoms with Crippen molar-refractivity contribution < 1.29 is 33.5 Å². The third-order valence-corrected chi connectivity index (χ3v) is 24.2. The molecule has 29 heavy (non-hydrogen) atoms. The van der Waals surface area contributed by atoms with Gasteiger partial charge in [-0.3, -0.25) is 0 Å². The number of rotatable bonds is 17. The van der Waals surface area contributed by atoms with E-state index in [1.165, 1.54) is 0 Å². The van der Waals surface area contributed by atoms with Gasteiger partial charge >= 0.3 is 34.5 Å². The van der Waals surface area contributed by atoms with Crippen LogP contribution < -0.4 is 0 Å². The molecule has 0 bridgehead atoms. The van der Waals surface area contributed by atoms with E-state index in [1.54, 1.807) is 5.70 Å². The van der Waals surface area contributed by atoms with Crippen molar-refractivity contribution in [2.45, 2.75) is 66.2 Å². The number of hydrogen-bond acceptors (Lipinski definition) is 8. The quantitative estimate of drug-likeness (QED) is 0.207. The highest BCUT2D eigenvalue weighted by Crippen LogP contribution is 2.25. The van der Waals surface area contributed by atoms with Crippen LogP contribution in [0.15, 0.2) is 12.3 Å². The Labute approximate surface area is 188 Å². The molecule has 0 spiro atoms. The van der Waals surface area contributed by atoms with Crippen molar-refractivity contribution in [3.63, 3.8) is 0 Å². The zero-order valence-electron chi connectivity index (χ0n) is 20.0. The van der Waals surface area contributed by atoms with Crippen molar-refractivity contribution in [2.24, 2.45) is 0 Å². The Kier molecular flexibility index (Phi) is 13.9. The molecule has 0 aliphatic carbocycles. The summed E-state index contributed by atoms with van der Waals surface area (Å²) in [5.41, 5.74) is 1.66. The lowest BCUT2D eigenvalue weighted by Crippen LogP contribution is -2.60. The third-order valence-electron chi connectivity index (χ3n) is 3.24. The summed E-state index contributed by atoms with van der Waals surface area (Å²) in [5, 5.41) is 0. The minimum Gasteiger partial charge on any atom is -0.440 e. The van der Waals surface area contributed by atoms with Crippen LogP contribution in [-0.4, -0.2) is 76.8 Å². The summed E-state index contributed by atoms with van der Waals surface area (Å²) in [6, 6.07) is 0. The molecule has 0 radical (unpaired) electrons. The van der Waals surface area contributed by atoms with Crippen molar-refractivity contribution in [3.8, 4) is 0 Å². The van der Waals surface area contributed by atoms with Crippen LogP contribution in [0.3, 0.4) is 0 Å². The van der Waals surface area contributed by atoms with Crippen LogP contribution in [0.2, 0.25) is 52.4 Å². The maximum atomic E-state index is 6.49. The predicted molar refractivity (Wildman–Crippen MR) is 134 cm³/mol. The minimum atomic E-state index is -3.14. The molecule has 0 unspecified atom stereocenters. The summed E-state index contributed by atoms with van der Waals surface area (Å²) in [7, 11) is -14.2. The SMILES string of the molecule is C=C[Si](O[SiH2]OCC)(O[SiH2]OCC)O[Si](C)(C)O[Si](C)(C)O[Si](C)(C)O[SiH](C)C. The van der Waals surface area contributed by atoms with Gasteiger partial charge in [0.1, 0.15) is 0 Å². The molecule has 15 heteroatoms. The summed E-state index contributed by atoms with van der Waals surface area (Å²) >= 11 is 0. The van der Waals surface area contributed by atoms with E-state index in [0.717, 1.165) is 0 Å². The fourth-order valence-corrected chi connectivity index (χ4v) is 27.5. The Bertz CT molecular complexity index is 469. The first kappa shape index (κ1) is 29.9. The molecule has 0 fully saturated rings. The van der Waals surface area contributed by atoms with Gasteiger partial charge in [0, 0.05) is 13.2 Å². The molecule has 0 saturated carbocycles. The Hall–Kier alpha value is 0.938. The molecule has 0 aliphatic heterocycles. The van der Waals surface area contributed by atoms with Crippen LogP contribution >= 0.6 is 0 Å². The molecule has 8 nitrogen and oxygen atoms in total. The van der Waals surface area contributed by atoms with Gasteiger partial charge in [-0.25, -0.2) is 0 Å². The van der Waals surface area contributed by atoms with E-state index in [-0.39, 0.29) is 0 Å². The maximum Gasteiger partial charge on any atom is 0.501 e. The Balaban J connectivity index is 5.28. The van der Waals surface area contributed by atoms with Crippen molar-refractivity contribution >= 4 is 63.5 Å². The molecule has 0 atom stereocenters. The lowest BCUT2D eigenvalue weighted by Gasteiger charge is -2.41. The highest BCUT2D eigenvalue weighted by Gasteiger charge is 2.48. The van der Waals surface area contributed by atoms with Crippen molar-refractivity contribution in [2.75, 3.05) is 13.2 Å². The fraction of sp³-hybridized carbons (Fsp3) is 0.857. The van der Waals surface area contributed by atoms with Gasteiger partial charge in [-0.2, -0.15) is 0 Å². The van der Waals surface area contributed by atoms with E-state index in [1.807, 2.05) is 40.0 Å². The molecule has 0 amide bonds. The van der Waals surface area contributed by atoms with Crippen molar-refractivity contribution in [1.29, 1.82) is 0 Å². The summed E-state index contributed by atoms with van der Waals surface area (Å²) < 4.78 is 48.5. The Morgan fingerprint density at radius 2 is 1.17 bits per heavy atom. The van der Waals surface area contributed by atoms with Crippen molar-refractivity contribution in [3.05, 3.63) is 12.3 Å². The smallest absolute Gasteiger partial charge is 0.440 e. The second-order valence-electron chi connectivity index (χ2n) is 7.99. The molecular weight excluding hydrogens is 493 g/mol. The van der Waals surface area contributed by atoms with Crippen LogP contribution in [0.1, 0.15) is 13.8 Å². The first-order valence-electron chi connectivity index (χ1n) is 10.1. The topological polar surface area (TPSA) is 73.8 Å². The molecule has 0 aromatic heterocycles. The van der Waals surface area contributed by atoms with Crippen LogP contribution in [0.5, 0.6) is 0 Å². The summed E-state index contributed by atoms with van der Waals surface area (Å²) in [4.78, 5) is 0. The highest BCUT2D eigenvalue weighted by molar-refractivity contribution is 6.89. The normalized spacial score (nSPS) is 16.4. The lowest BCUT2D eigenvalue weighted by molar-refractivity contribution is 0.196. The van der Waals surface area contributed by atoms with Crippen LogP contribution in [0.25, 0.3) is 0 Å². The van der Waals surface area contributed by atoms with Gasteiger partial charge in [0.25, 0.3) is 20.0 Å². The third kappa shape index (κ3) is 13.9. The van der Waals surface area contributed by atoms with E-state index in [4.69, 9.17) is 33.5 Å². The van der Waals surface area contributed by atoms with Crippen LogP contribution in [0.4, 0.5) is 0 Å². The monoisotopic (exact) mass is 534 g/mol. The Morgan fingerprint density at radius 3 is 1.55 bits per heavy atom. The van der Waals surface area contributed by atoms with Crippen LogP contribution in [-0.2, 0) is 33.5 Å². The van der Waals surface area contributed by atoms with Crippen molar-refractivity contribution in [1.82, 2.24) is 0 Å². The molecule has 0 heterocycles. The molecule has 0 aromatic rings. The highest BCUT2D eigenvalue weighted by atomic mass is 28.5. The first-order chi connectivity index (χ1) is 13.2. The molecule has 174 valence electrons. The molecular formula is C14H42O8Si7. The molecule has 0 aromatic carbocycles. The second-order valence-corrected chi connectivity index (χ2v) is 27.1. The van der Waals surface area contributed by atoms with Gasteiger partial charge in [0.2, 0.25) is 0 Å². The van der Waals surface area contributed by atoms with E-state index < -0.39 is 63.5 Å². The van der Waals surface area contributed by atoms with E-state index in [2.05, 4.69) is 32.8 Å². The van der Waals surface area contributed by atoms with Gasteiger partial charge < -0.3 is 33.5 Å². The van der Waals surface area contributed by atoms with Gasteiger partial charge in [-0.15, -0.1) is 6.58 Å². The zero-order valence-corrected chi connectivity index (χ0v) is 27.9. The van der Waals surface area contributed by atoms with Gasteiger partial charge in [-0.1, -0.05) is 0 Å². The summed E-state index contributed by atoms with van der Waals surface area (Å²) in [5.74, 6) is 0. The molecule has 0 saturated heterocycles. The van der Waals surface area contributed by atoms with E-state index in [0.29, 0.717) is 13.2 Å². The lowest BCUT2D eigenvalue weighted by atomic mass is 10.9. The average molecular weight is 535 g/mol. The standard InChI is InChI=1S/C14H42O8Si7/c1-12-15-23-17-29(14-3,18-24-16-13-2)22-28(10,11)21-27(8,9)20-26(6,7)19-25(4)5/h14,25H,3,12-13,23-24H2,1-2,4-11H3. The first-order valence-corrected chi connectivity index (χ1v) is 25.4. The van der Waals surface area contributed by atoms with Gasteiger partial charge in [-0.05, 0) is 71.9 Å². The largest absolute Gasteiger partial charge is 0.501 e. The molecule has 0 N–H and O–H groups in total.